The molecule has 0 spiro atoms. The van der Waals surface area contributed by atoms with Gasteiger partial charge in [-0.3, -0.25) is 9.10 Å². The molecule has 0 saturated carbocycles. The molecule has 0 fully saturated rings. The second-order valence-corrected chi connectivity index (χ2v) is 12.3. The van der Waals surface area contributed by atoms with Crippen molar-refractivity contribution in [1.82, 2.24) is 9.97 Å². The molecule has 1 aliphatic heterocycles. The maximum absolute atomic E-state index is 13.7. The number of anilines is 2. The number of hydrogen-bond donors (Lipinski definition) is 1. The first-order valence-electron chi connectivity index (χ1n) is 12.2. The number of aryl methyl sites for hydroxylation is 4. The summed E-state index contributed by atoms with van der Waals surface area (Å²) in [6.07, 6.45) is 1.35. The van der Waals surface area contributed by atoms with Gasteiger partial charge >= 0.3 is 0 Å². The van der Waals surface area contributed by atoms with E-state index in [1.54, 1.807) is 6.07 Å². The SMILES string of the molecule is Cc1ccc(CN2c3ccccc3-c3nc(SCC(=O)Nc4c(C)cc(C)cc4C)ncc3S2(=O)=O)cc1. The van der Waals surface area contributed by atoms with E-state index >= 15 is 0 Å². The Morgan fingerprint density at radius 3 is 2.34 bits per heavy atom. The summed E-state index contributed by atoms with van der Waals surface area (Å²) in [7, 11) is -3.89. The van der Waals surface area contributed by atoms with E-state index in [2.05, 4.69) is 15.3 Å². The Balaban J connectivity index is 1.40. The summed E-state index contributed by atoms with van der Waals surface area (Å²) in [5.74, 6) is -0.0804. The van der Waals surface area contributed by atoms with Gasteiger partial charge in [-0.15, -0.1) is 0 Å². The number of nitrogens with one attached hydrogen (secondary N) is 1. The molecule has 1 aromatic heterocycles. The predicted molar refractivity (Wildman–Crippen MR) is 152 cm³/mol. The standard InChI is InChI=1S/C29H28N4O3S2/c1-18-9-11-22(12-10-18)16-33-24-8-6-5-7-23(24)28-25(38(33,35)36)15-30-29(32-28)37-17-26(34)31-27-20(3)13-19(2)14-21(27)4/h5-15H,16-17H2,1-4H3,(H,31,34). The van der Waals surface area contributed by atoms with Crippen molar-refractivity contribution in [2.75, 3.05) is 15.4 Å². The van der Waals surface area contributed by atoms with Gasteiger partial charge in [0.05, 0.1) is 29.9 Å². The highest BCUT2D eigenvalue weighted by Gasteiger charge is 2.36. The normalized spacial score (nSPS) is 13.5. The second-order valence-electron chi connectivity index (χ2n) is 9.49. The van der Waals surface area contributed by atoms with Crippen LogP contribution < -0.4 is 9.62 Å². The first kappa shape index (κ1) is 25.9. The number of nitrogens with zero attached hydrogens (tertiary/aromatic N) is 3. The Kier molecular flexibility index (Phi) is 6.98. The Morgan fingerprint density at radius 2 is 1.63 bits per heavy atom. The molecule has 1 amide bonds. The van der Waals surface area contributed by atoms with Crippen LogP contribution in [0.1, 0.15) is 27.8 Å². The molecule has 0 aliphatic carbocycles. The number of carbonyl (C=O) groups is 1. The van der Waals surface area contributed by atoms with Crippen LogP contribution in [-0.2, 0) is 21.4 Å². The molecule has 194 valence electrons. The lowest BCUT2D eigenvalue weighted by atomic mass is 10.1. The third-order valence-corrected chi connectivity index (χ3v) is 9.07. The van der Waals surface area contributed by atoms with E-state index in [1.165, 1.54) is 22.3 Å². The second kappa shape index (κ2) is 10.2. The molecule has 0 radical (unpaired) electrons. The average Bonchev–Trinajstić information content (AvgIpc) is 2.88. The molecule has 5 rings (SSSR count). The Labute approximate surface area is 227 Å². The molecule has 1 N–H and O–H groups in total. The summed E-state index contributed by atoms with van der Waals surface area (Å²) >= 11 is 1.17. The Morgan fingerprint density at radius 1 is 0.947 bits per heavy atom. The lowest BCUT2D eigenvalue weighted by Gasteiger charge is -2.31. The summed E-state index contributed by atoms with van der Waals surface area (Å²) < 4.78 is 28.8. The number of benzene rings is 3. The zero-order chi connectivity index (χ0) is 27.0. The number of sulfonamides is 1. The lowest BCUT2D eigenvalue weighted by Crippen LogP contribution is -2.34. The number of carbonyl (C=O) groups excluding carboxylic acids is 1. The van der Waals surface area contributed by atoms with Gasteiger partial charge in [-0.1, -0.05) is 77.5 Å². The van der Waals surface area contributed by atoms with E-state index in [0.717, 1.165) is 33.5 Å². The highest BCUT2D eigenvalue weighted by molar-refractivity contribution is 7.99. The first-order chi connectivity index (χ1) is 18.1. The fourth-order valence-corrected chi connectivity index (χ4v) is 6.83. The Hall–Kier alpha value is -3.69. The smallest absolute Gasteiger partial charge is 0.268 e. The van der Waals surface area contributed by atoms with Gasteiger partial charge in [0.15, 0.2) is 5.16 Å². The third-order valence-electron chi connectivity index (χ3n) is 6.45. The number of rotatable bonds is 6. The fraction of sp³-hybridized carbons (Fsp3) is 0.207. The van der Waals surface area contributed by atoms with Crippen molar-refractivity contribution >= 4 is 39.1 Å². The minimum Gasteiger partial charge on any atom is -0.325 e. The number of aromatic nitrogens is 2. The van der Waals surface area contributed by atoms with Gasteiger partial charge in [-0.25, -0.2) is 18.4 Å². The molecule has 2 heterocycles. The highest BCUT2D eigenvalue weighted by Crippen LogP contribution is 2.42. The van der Waals surface area contributed by atoms with E-state index < -0.39 is 10.0 Å². The van der Waals surface area contributed by atoms with E-state index in [1.807, 2.05) is 82.3 Å². The van der Waals surface area contributed by atoms with Crippen LogP contribution in [0.5, 0.6) is 0 Å². The molecule has 1 aliphatic rings. The van der Waals surface area contributed by atoms with Crippen LogP contribution in [0.4, 0.5) is 11.4 Å². The average molecular weight is 545 g/mol. The van der Waals surface area contributed by atoms with E-state index in [-0.39, 0.29) is 23.1 Å². The van der Waals surface area contributed by atoms with Crippen molar-refractivity contribution in [1.29, 1.82) is 0 Å². The fourth-order valence-electron chi connectivity index (χ4n) is 4.66. The Bertz CT molecular complexity index is 1630. The molecular weight excluding hydrogens is 516 g/mol. The number of hydrogen-bond acceptors (Lipinski definition) is 6. The van der Waals surface area contributed by atoms with Gasteiger partial charge in [-0.2, -0.15) is 0 Å². The largest absolute Gasteiger partial charge is 0.325 e. The van der Waals surface area contributed by atoms with Crippen LogP contribution in [0, 0.1) is 27.7 Å². The third kappa shape index (κ3) is 5.04. The monoisotopic (exact) mass is 544 g/mol. The van der Waals surface area contributed by atoms with E-state index in [0.29, 0.717) is 22.1 Å². The quantitative estimate of drug-likeness (QED) is 0.243. The zero-order valence-electron chi connectivity index (χ0n) is 21.6. The molecule has 38 heavy (non-hydrogen) atoms. The van der Waals surface area contributed by atoms with Gasteiger partial charge in [0, 0.05) is 11.3 Å². The van der Waals surface area contributed by atoms with Crippen LogP contribution >= 0.6 is 11.8 Å². The van der Waals surface area contributed by atoms with Crippen molar-refractivity contribution in [2.45, 2.75) is 44.3 Å². The van der Waals surface area contributed by atoms with Gasteiger partial charge < -0.3 is 5.32 Å². The van der Waals surface area contributed by atoms with Gasteiger partial charge in [0.1, 0.15) is 4.90 Å². The predicted octanol–water partition coefficient (Wildman–Crippen LogP) is 5.82. The minimum absolute atomic E-state index is 0.0584. The summed E-state index contributed by atoms with van der Waals surface area (Å²) in [5, 5.41) is 3.32. The summed E-state index contributed by atoms with van der Waals surface area (Å²) in [6.45, 7) is 8.15. The molecule has 4 aromatic rings. The van der Waals surface area contributed by atoms with Crippen LogP contribution in [0.15, 0.2) is 76.9 Å². The van der Waals surface area contributed by atoms with Gasteiger partial charge in [0.2, 0.25) is 5.91 Å². The molecule has 9 heteroatoms. The molecule has 0 bridgehead atoms. The van der Waals surface area contributed by atoms with Crippen LogP contribution in [0.25, 0.3) is 11.3 Å². The zero-order valence-corrected chi connectivity index (χ0v) is 23.3. The van der Waals surface area contributed by atoms with E-state index in [9.17, 15) is 13.2 Å². The van der Waals surface area contributed by atoms with Crippen LogP contribution in [-0.4, -0.2) is 30.0 Å². The maximum Gasteiger partial charge on any atom is 0.268 e. The molecule has 0 saturated heterocycles. The van der Waals surface area contributed by atoms with Crippen LogP contribution in [0.3, 0.4) is 0 Å². The maximum atomic E-state index is 13.7. The number of fused-ring (bicyclic) bond motifs is 3. The van der Waals surface area contributed by atoms with Crippen molar-refractivity contribution in [3.63, 3.8) is 0 Å². The minimum atomic E-state index is -3.89. The van der Waals surface area contributed by atoms with Gasteiger partial charge in [0.25, 0.3) is 10.0 Å². The summed E-state index contributed by atoms with van der Waals surface area (Å²) in [6, 6.07) is 19.2. The number of amides is 1. The van der Waals surface area contributed by atoms with Crippen molar-refractivity contribution in [2.24, 2.45) is 0 Å². The first-order valence-corrected chi connectivity index (χ1v) is 14.6. The van der Waals surface area contributed by atoms with Crippen molar-refractivity contribution in [3.05, 3.63) is 94.7 Å². The molecular formula is C29H28N4O3S2. The number of para-hydroxylation sites is 1. The van der Waals surface area contributed by atoms with Crippen LogP contribution in [0.2, 0.25) is 0 Å². The van der Waals surface area contributed by atoms with Crippen molar-refractivity contribution in [3.8, 4) is 11.3 Å². The summed E-state index contributed by atoms with van der Waals surface area (Å²) in [4.78, 5) is 21.7. The molecule has 0 atom stereocenters. The summed E-state index contributed by atoms with van der Waals surface area (Å²) in [5.41, 5.74) is 7.58. The molecule has 0 unspecified atom stereocenters. The molecule has 7 nitrogen and oxygen atoms in total. The highest BCUT2D eigenvalue weighted by atomic mass is 32.2. The van der Waals surface area contributed by atoms with E-state index in [4.69, 9.17) is 0 Å². The lowest BCUT2D eigenvalue weighted by molar-refractivity contribution is -0.113. The topological polar surface area (TPSA) is 92.3 Å². The molecule has 3 aromatic carbocycles. The van der Waals surface area contributed by atoms with Gasteiger partial charge in [-0.05, 0) is 50.5 Å². The number of thioether (sulfide) groups is 1. The van der Waals surface area contributed by atoms with Crippen molar-refractivity contribution < 1.29 is 13.2 Å².